The molecule has 0 saturated carbocycles. The summed E-state index contributed by atoms with van der Waals surface area (Å²) in [6, 6.07) is 9.04. The number of esters is 1. The van der Waals surface area contributed by atoms with Crippen molar-refractivity contribution in [3.8, 4) is 0 Å². The third kappa shape index (κ3) is 3.78. The van der Waals surface area contributed by atoms with Crippen LogP contribution in [0.2, 0.25) is 0 Å². The predicted molar refractivity (Wildman–Crippen MR) is 82.2 cm³/mol. The molecule has 0 bridgehead atoms. The Morgan fingerprint density at radius 2 is 1.95 bits per heavy atom. The molecule has 1 aliphatic heterocycles. The van der Waals surface area contributed by atoms with Gasteiger partial charge in [0.25, 0.3) is 0 Å². The van der Waals surface area contributed by atoms with E-state index in [1.807, 2.05) is 30.3 Å². The van der Waals surface area contributed by atoms with Crippen molar-refractivity contribution in [1.29, 1.82) is 0 Å². The van der Waals surface area contributed by atoms with Crippen LogP contribution in [0.4, 0.5) is 4.79 Å². The van der Waals surface area contributed by atoms with Crippen LogP contribution in [0.3, 0.4) is 0 Å². The monoisotopic (exact) mass is 305 g/mol. The lowest BCUT2D eigenvalue weighted by Gasteiger charge is -2.28. The Kier molecular flexibility index (Phi) is 5.81. The molecule has 2 atom stereocenters. The molecule has 1 fully saturated rings. The van der Waals surface area contributed by atoms with Gasteiger partial charge < -0.3 is 9.47 Å². The van der Waals surface area contributed by atoms with E-state index in [0.29, 0.717) is 6.42 Å². The average Bonchev–Trinajstić information content (AvgIpc) is 2.97. The molecule has 0 spiro atoms. The second-order valence-electron chi connectivity index (χ2n) is 5.51. The summed E-state index contributed by atoms with van der Waals surface area (Å²) in [6.07, 6.45) is 2.84. The summed E-state index contributed by atoms with van der Waals surface area (Å²) < 4.78 is 10.2. The first-order valence-electron chi connectivity index (χ1n) is 7.74. The van der Waals surface area contributed by atoms with Crippen LogP contribution in [-0.2, 0) is 20.9 Å². The van der Waals surface area contributed by atoms with Gasteiger partial charge in [-0.15, -0.1) is 0 Å². The van der Waals surface area contributed by atoms with E-state index in [0.717, 1.165) is 24.8 Å². The van der Waals surface area contributed by atoms with Gasteiger partial charge in [0.05, 0.1) is 7.11 Å². The van der Waals surface area contributed by atoms with Crippen LogP contribution in [-0.4, -0.2) is 36.2 Å². The third-order valence-corrected chi connectivity index (χ3v) is 4.01. The van der Waals surface area contributed by atoms with Crippen molar-refractivity contribution in [2.75, 3.05) is 7.11 Å². The molecule has 2 rings (SSSR count). The summed E-state index contributed by atoms with van der Waals surface area (Å²) in [4.78, 5) is 25.9. The Morgan fingerprint density at radius 3 is 2.59 bits per heavy atom. The minimum atomic E-state index is -0.523. The van der Waals surface area contributed by atoms with E-state index >= 15 is 0 Å². The highest BCUT2D eigenvalue weighted by molar-refractivity contribution is 5.82. The maximum atomic E-state index is 12.4. The van der Waals surface area contributed by atoms with Gasteiger partial charge in [-0.2, -0.15) is 0 Å². The average molecular weight is 305 g/mol. The summed E-state index contributed by atoms with van der Waals surface area (Å²) >= 11 is 0. The zero-order valence-electron chi connectivity index (χ0n) is 13.2. The summed E-state index contributed by atoms with van der Waals surface area (Å²) in [7, 11) is 1.35. The number of methoxy groups -OCH3 is 1. The van der Waals surface area contributed by atoms with Crippen molar-refractivity contribution in [2.24, 2.45) is 0 Å². The van der Waals surface area contributed by atoms with Gasteiger partial charge in [0.1, 0.15) is 12.6 Å². The zero-order chi connectivity index (χ0) is 15.9. The predicted octanol–water partition coefficient (Wildman–Crippen LogP) is 3.13. The van der Waals surface area contributed by atoms with E-state index in [-0.39, 0.29) is 18.6 Å². The van der Waals surface area contributed by atoms with Crippen LogP contribution >= 0.6 is 0 Å². The minimum absolute atomic E-state index is 0.0531. The van der Waals surface area contributed by atoms with Gasteiger partial charge in [-0.25, -0.2) is 9.59 Å². The number of nitrogens with zero attached hydrogens (tertiary/aromatic N) is 1. The Labute approximate surface area is 131 Å². The number of hydrogen-bond acceptors (Lipinski definition) is 4. The topological polar surface area (TPSA) is 55.8 Å². The molecular formula is C17H23NO4. The zero-order valence-corrected chi connectivity index (χ0v) is 13.2. The van der Waals surface area contributed by atoms with Crippen LogP contribution in [0.15, 0.2) is 30.3 Å². The van der Waals surface area contributed by atoms with Crippen molar-refractivity contribution in [2.45, 2.75) is 51.3 Å². The number of carbonyl (C=O) groups is 2. The molecule has 1 heterocycles. The summed E-state index contributed by atoms with van der Waals surface area (Å²) in [6.45, 7) is 2.28. The van der Waals surface area contributed by atoms with Crippen molar-refractivity contribution >= 4 is 12.1 Å². The molecule has 1 saturated heterocycles. The van der Waals surface area contributed by atoms with Gasteiger partial charge in [-0.3, -0.25) is 4.90 Å². The first-order chi connectivity index (χ1) is 10.7. The standard InChI is InChI=1S/C17H23NO4/c1-3-7-14-10-11-15(16(19)21-2)18(14)17(20)22-12-13-8-5-4-6-9-13/h4-6,8-9,14-15H,3,7,10-12H2,1-2H3/t14-,15+/m1/s1. The van der Waals surface area contributed by atoms with Crippen LogP contribution in [0.25, 0.3) is 0 Å². The molecule has 0 N–H and O–H groups in total. The van der Waals surface area contributed by atoms with Gasteiger partial charge in [0.15, 0.2) is 0 Å². The van der Waals surface area contributed by atoms with E-state index in [4.69, 9.17) is 9.47 Å². The van der Waals surface area contributed by atoms with Gasteiger partial charge in [0.2, 0.25) is 0 Å². The molecule has 1 amide bonds. The second-order valence-corrected chi connectivity index (χ2v) is 5.51. The Balaban J connectivity index is 2.03. The van der Waals surface area contributed by atoms with Crippen LogP contribution in [0.1, 0.15) is 38.2 Å². The fourth-order valence-corrected chi connectivity index (χ4v) is 2.94. The number of carbonyl (C=O) groups excluding carboxylic acids is 2. The lowest BCUT2D eigenvalue weighted by molar-refractivity contribution is -0.145. The number of amides is 1. The number of likely N-dealkylation sites (tertiary alicyclic amines) is 1. The lowest BCUT2D eigenvalue weighted by Crippen LogP contribution is -2.45. The summed E-state index contributed by atoms with van der Waals surface area (Å²) in [5.41, 5.74) is 0.928. The third-order valence-electron chi connectivity index (χ3n) is 4.01. The molecule has 0 aromatic heterocycles. The largest absolute Gasteiger partial charge is 0.467 e. The van der Waals surface area contributed by atoms with Crippen molar-refractivity contribution in [1.82, 2.24) is 4.90 Å². The molecule has 1 aromatic carbocycles. The van der Waals surface area contributed by atoms with Crippen LogP contribution in [0.5, 0.6) is 0 Å². The Hall–Kier alpha value is -2.04. The van der Waals surface area contributed by atoms with Gasteiger partial charge in [0, 0.05) is 6.04 Å². The quantitative estimate of drug-likeness (QED) is 0.784. The van der Waals surface area contributed by atoms with Gasteiger partial charge in [-0.05, 0) is 24.8 Å². The van der Waals surface area contributed by atoms with Crippen molar-refractivity contribution in [3.63, 3.8) is 0 Å². The Morgan fingerprint density at radius 1 is 1.23 bits per heavy atom. The highest BCUT2D eigenvalue weighted by Gasteiger charge is 2.42. The van der Waals surface area contributed by atoms with E-state index < -0.39 is 12.1 Å². The molecular weight excluding hydrogens is 282 g/mol. The second kappa shape index (κ2) is 7.82. The number of hydrogen-bond donors (Lipinski definition) is 0. The molecule has 22 heavy (non-hydrogen) atoms. The Bertz CT molecular complexity index is 503. The van der Waals surface area contributed by atoms with E-state index in [2.05, 4.69) is 6.92 Å². The molecule has 1 aliphatic rings. The van der Waals surface area contributed by atoms with E-state index in [1.165, 1.54) is 7.11 Å². The van der Waals surface area contributed by atoms with Crippen LogP contribution < -0.4 is 0 Å². The first kappa shape index (κ1) is 16.3. The maximum absolute atomic E-state index is 12.4. The molecule has 5 nitrogen and oxygen atoms in total. The molecule has 0 radical (unpaired) electrons. The van der Waals surface area contributed by atoms with E-state index in [9.17, 15) is 9.59 Å². The molecule has 0 aliphatic carbocycles. The number of ether oxygens (including phenoxy) is 2. The highest BCUT2D eigenvalue weighted by Crippen LogP contribution is 2.29. The maximum Gasteiger partial charge on any atom is 0.411 e. The highest BCUT2D eigenvalue weighted by atomic mass is 16.6. The first-order valence-corrected chi connectivity index (χ1v) is 7.74. The SMILES string of the molecule is CCC[C@@H]1CC[C@@H](C(=O)OC)N1C(=O)OCc1ccccc1. The van der Waals surface area contributed by atoms with Gasteiger partial charge >= 0.3 is 12.1 Å². The molecule has 5 heteroatoms. The van der Waals surface area contributed by atoms with Crippen molar-refractivity contribution in [3.05, 3.63) is 35.9 Å². The fraction of sp³-hybridized carbons (Fsp3) is 0.529. The molecule has 1 aromatic rings. The van der Waals surface area contributed by atoms with Crippen LogP contribution in [0, 0.1) is 0 Å². The van der Waals surface area contributed by atoms with Crippen molar-refractivity contribution < 1.29 is 19.1 Å². The summed E-state index contributed by atoms with van der Waals surface area (Å²) in [5, 5.41) is 0. The minimum Gasteiger partial charge on any atom is -0.467 e. The lowest BCUT2D eigenvalue weighted by atomic mass is 10.1. The normalized spacial score (nSPS) is 20.7. The fourth-order valence-electron chi connectivity index (χ4n) is 2.94. The van der Waals surface area contributed by atoms with E-state index in [1.54, 1.807) is 4.90 Å². The smallest absolute Gasteiger partial charge is 0.411 e. The number of benzene rings is 1. The molecule has 0 unspecified atom stereocenters. The number of rotatable bonds is 5. The van der Waals surface area contributed by atoms with Gasteiger partial charge in [-0.1, -0.05) is 43.7 Å². The molecule has 120 valence electrons. The summed E-state index contributed by atoms with van der Waals surface area (Å²) in [5.74, 6) is -0.365.